The van der Waals surface area contributed by atoms with Crippen LogP contribution in [0.1, 0.15) is 53.8 Å². The van der Waals surface area contributed by atoms with E-state index in [1.54, 1.807) is 7.11 Å². The first kappa shape index (κ1) is 14.7. The summed E-state index contributed by atoms with van der Waals surface area (Å²) in [6.07, 6.45) is 4.50. The van der Waals surface area contributed by atoms with Crippen LogP contribution in [0.15, 0.2) is 0 Å². The predicted octanol–water partition coefficient (Wildman–Crippen LogP) is 2.55. The molecule has 0 aromatic carbocycles. The van der Waals surface area contributed by atoms with E-state index in [0.717, 1.165) is 36.2 Å². The Bertz CT molecular complexity index is 535. The highest BCUT2D eigenvalue weighted by Crippen LogP contribution is 2.51. The first-order valence-corrected chi connectivity index (χ1v) is 8.40. The molecule has 0 bridgehead atoms. The van der Waals surface area contributed by atoms with Crippen molar-refractivity contribution >= 4 is 27.9 Å². The third kappa shape index (κ3) is 3.32. The molecule has 2 aliphatic carbocycles. The number of nitrogens with two attached hydrogens (primary N) is 1. The summed E-state index contributed by atoms with van der Waals surface area (Å²) in [4.78, 5) is 13.0. The van der Waals surface area contributed by atoms with E-state index >= 15 is 0 Å². The molecule has 1 aromatic rings. The Hall–Kier alpha value is -1.27. The maximum Gasteiger partial charge on any atom is 0.263 e. The lowest BCUT2D eigenvalue weighted by Gasteiger charge is -2.14. The average Bonchev–Trinajstić information content (AvgIpc) is 3.32. The fourth-order valence-corrected chi connectivity index (χ4v) is 3.73. The second kappa shape index (κ2) is 5.85. The van der Waals surface area contributed by atoms with Crippen LogP contribution in [0.25, 0.3) is 0 Å². The van der Waals surface area contributed by atoms with Gasteiger partial charge in [-0.1, -0.05) is 0 Å². The molecule has 1 aromatic heterocycles. The van der Waals surface area contributed by atoms with Crippen molar-refractivity contribution in [1.29, 1.82) is 0 Å². The zero-order chi connectivity index (χ0) is 15.0. The summed E-state index contributed by atoms with van der Waals surface area (Å²) < 4.78 is 5.17. The number of ether oxygens (including phenoxy) is 1. The van der Waals surface area contributed by atoms with Gasteiger partial charge in [0.2, 0.25) is 0 Å². The zero-order valence-corrected chi connectivity index (χ0v) is 13.4. The first-order valence-electron chi connectivity index (χ1n) is 7.58. The van der Waals surface area contributed by atoms with Gasteiger partial charge in [0.05, 0.1) is 17.3 Å². The molecule has 116 valence electrons. The van der Waals surface area contributed by atoms with Crippen molar-refractivity contribution in [2.24, 2.45) is 0 Å². The Morgan fingerprint density at radius 1 is 1.43 bits per heavy atom. The van der Waals surface area contributed by atoms with Crippen LogP contribution >= 0.6 is 11.3 Å². The molecular formula is C15H23N3O2S. The lowest BCUT2D eigenvalue weighted by atomic mass is 10.1. The van der Waals surface area contributed by atoms with Crippen molar-refractivity contribution in [2.45, 2.75) is 50.6 Å². The summed E-state index contributed by atoms with van der Waals surface area (Å²) in [5, 5.41) is 7.52. The number of carbonyl (C=O) groups is 1. The fraction of sp³-hybridized carbons (Fsp3) is 0.667. The second-order valence-corrected chi connectivity index (χ2v) is 7.13. The number of thiophene rings is 1. The summed E-state index contributed by atoms with van der Waals surface area (Å²) in [5.41, 5.74) is 8.09. The van der Waals surface area contributed by atoms with E-state index in [1.807, 2.05) is 0 Å². The van der Waals surface area contributed by atoms with Crippen molar-refractivity contribution in [3.05, 3.63) is 10.4 Å². The van der Waals surface area contributed by atoms with Gasteiger partial charge in [-0.2, -0.15) is 0 Å². The lowest BCUT2D eigenvalue weighted by molar-refractivity contribution is 0.0956. The van der Waals surface area contributed by atoms with Crippen molar-refractivity contribution in [1.82, 2.24) is 5.32 Å². The minimum Gasteiger partial charge on any atom is -0.397 e. The van der Waals surface area contributed by atoms with Crippen molar-refractivity contribution < 1.29 is 9.53 Å². The van der Waals surface area contributed by atoms with Gasteiger partial charge in [-0.15, -0.1) is 11.3 Å². The van der Waals surface area contributed by atoms with Gasteiger partial charge in [-0.25, -0.2) is 0 Å². The molecule has 2 saturated carbocycles. The molecule has 1 unspecified atom stereocenters. The third-order valence-electron chi connectivity index (χ3n) is 3.88. The summed E-state index contributed by atoms with van der Waals surface area (Å²) >= 11 is 1.48. The molecule has 2 fully saturated rings. The van der Waals surface area contributed by atoms with Crippen LogP contribution in [0.3, 0.4) is 0 Å². The number of methoxy groups -OCH3 is 1. The van der Waals surface area contributed by atoms with E-state index in [1.165, 1.54) is 11.3 Å². The average molecular weight is 309 g/mol. The summed E-state index contributed by atoms with van der Waals surface area (Å²) in [7, 11) is 1.69. The summed E-state index contributed by atoms with van der Waals surface area (Å²) in [6, 6.07) is 0.553. The SMILES string of the molecule is COCC(C)Nc1sc(C(=O)NC2CC2)c(N)c1C1CC1. The minimum atomic E-state index is -0.0191. The summed E-state index contributed by atoms with van der Waals surface area (Å²) in [6.45, 7) is 2.70. The Morgan fingerprint density at radius 3 is 2.71 bits per heavy atom. The van der Waals surface area contributed by atoms with Crippen LogP contribution < -0.4 is 16.4 Å². The molecule has 1 amide bonds. The van der Waals surface area contributed by atoms with Gasteiger partial charge in [0.25, 0.3) is 5.91 Å². The first-order chi connectivity index (χ1) is 10.1. The number of hydrogen-bond donors (Lipinski definition) is 3. The van der Waals surface area contributed by atoms with E-state index in [2.05, 4.69) is 17.6 Å². The molecule has 0 radical (unpaired) electrons. The molecule has 5 nitrogen and oxygen atoms in total. The second-order valence-electron chi connectivity index (χ2n) is 6.11. The number of amides is 1. The van der Waals surface area contributed by atoms with E-state index in [-0.39, 0.29) is 11.9 Å². The molecule has 1 atom stereocenters. The van der Waals surface area contributed by atoms with Gasteiger partial charge < -0.3 is 21.1 Å². The number of hydrogen-bond acceptors (Lipinski definition) is 5. The van der Waals surface area contributed by atoms with E-state index in [4.69, 9.17) is 10.5 Å². The highest BCUT2D eigenvalue weighted by Gasteiger charge is 2.34. The smallest absolute Gasteiger partial charge is 0.263 e. The van der Waals surface area contributed by atoms with Gasteiger partial charge in [-0.05, 0) is 38.5 Å². The molecule has 0 saturated heterocycles. The fourth-order valence-electron chi connectivity index (χ4n) is 2.50. The van der Waals surface area contributed by atoms with Gasteiger partial charge in [0.15, 0.2) is 0 Å². The van der Waals surface area contributed by atoms with Crippen LogP contribution in [0, 0.1) is 0 Å². The Balaban J connectivity index is 1.81. The van der Waals surface area contributed by atoms with Crippen molar-refractivity contribution in [3.63, 3.8) is 0 Å². The Kier molecular flexibility index (Phi) is 4.08. The molecule has 0 spiro atoms. The number of carbonyl (C=O) groups excluding carboxylic acids is 1. The molecule has 6 heteroatoms. The third-order valence-corrected chi connectivity index (χ3v) is 5.03. The van der Waals surface area contributed by atoms with E-state index < -0.39 is 0 Å². The minimum absolute atomic E-state index is 0.0191. The number of nitrogens with one attached hydrogen (secondary N) is 2. The topological polar surface area (TPSA) is 76.4 Å². The Labute approximate surface area is 129 Å². The molecule has 4 N–H and O–H groups in total. The maximum absolute atomic E-state index is 12.3. The van der Waals surface area contributed by atoms with Gasteiger partial charge >= 0.3 is 0 Å². The van der Waals surface area contributed by atoms with E-state index in [9.17, 15) is 4.79 Å². The van der Waals surface area contributed by atoms with Gasteiger partial charge in [0.1, 0.15) is 4.88 Å². The largest absolute Gasteiger partial charge is 0.397 e. The molecule has 21 heavy (non-hydrogen) atoms. The van der Waals surface area contributed by atoms with Crippen LogP contribution in [-0.4, -0.2) is 31.7 Å². The molecule has 3 rings (SSSR count). The lowest BCUT2D eigenvalue weighted by Crippen LogP contribution is -2.25. The summed E-state index contributed by atoms with van der Waals surface area (Å²) in [5.74, 6) is 0.496. The number of nitrogen functional groups attached to an aromatic ring is 1. The van der Waals surface area contributed by atoms with Crippen LogP contribution in [0.5, 0.6) is 0 Å². The highest BCUT2D eigenvalue weighted by molar-refractivity contribution is 7.18. The predicted molar refractivity (Wildman–Crippen MR) is 86.2 cm³/mol. The number of rotatable bonds is 7. The van der Waals surface area contributed by atoms with Crippen LogP contribution in [-0.2, 0) is 4.74 Å². The normalized spacial score (nSPS) is 19.3. The van der Waals surface area contributed by atoms with Crippen LogP contribution in [0.2, 0.25) is 0 Å². The highest BCUT2D eigenvalue weighted by atomic mass is 32.1. The molecular weight excluding hydrogens is 286 g/mol. The van der Waals surface area contributed by atoms with Crippen molar-refractivity contribution in [2.75, 3.05) is 24.8 Å². The standard InChI is InChI=1S/C15H23N3O2S/c1-8(7-20-2)17-15-11(9-3-4-9)12(16)13(21-15)14(19)18-10-5-6-10/h8-10,17H,3-7,16H2,1-2H3,(H,18,19). The molecule has 1 heterocycles. The Morgan fingerprint density at radius 2 is 2.14 bits per heavy atom. The van der Waals surface area contributed by atoms with Crippen molar-refractivity contribution in [3.8, 4) is 0 Å². The maximum atomic E-state index is 12.3. The number of anilines is 2. The monoisotopic (exact) mass is 309 g/mol. The van der Waals surface area contributed by atoms with Crippen LogP contribution in [0.4, 0.5) is 10.7 Å². The zero-order valence-electron chi connectivity index (χ0n) is 12.6. The van der Waals surface area contributed by atoms with E-state index in [0.29, 0.717) is 29.1 Å². The van der Waals surface area contributed by atoms with Gasteiger partial charge in [-0.3, -0.25) is 4.79 Å². The van der Waals surface area contributed by atoms with Gasteiger partial charge in [0, 0.05) is 24.8 Å². The molecule has 0 aliphatic heterocycles. The molecule has 2 aliphatic rings. The quantitative estimate of drug-likeness (QED) is 0.723.